The molecule has 4 nitrogen and oxygen atoms in total. The van der Waals surface area contributed by atoms with Crippen LogP contribution in [0.1, 0.15) is 0 Å². The minimum Gasteiger partial charge on any atom is -0.709 e. The molecule has 0 radical (unpaired) electrons. The van der Waals surface area contributed by atoms with Gasteiger partial charge in [0.2, 0.25) is 0 Å². The third-order valence-corrected chi connectivity index (χ3v) is 2.21. The van der Waals surface area contributed by atoms with Gasteiger partial charge >= 0.3 is 27.3 Å². The number of hydrogen-bond acceptors (Lipinski definition) is 4. The zero-order valence-corrected chi connectivity index (χ0v) is 14.5. The van der Waals surface area contributed by atoms with Gasteiger partial charge in [0.25, 0.3) is 0 Å². The molecular weight excluding hydrogens is 357 g/mol. The Bertz CT molecular complexity index is 386. The van der Waals surface area contributed by atoms with E-state index in [1.54, 1.807) is 36.4 Å². The van der Waals surface area contributed by atoms with Crippen LogP contribution in [0.5, 0.6) is 0 Å². The maximum absolute atomic E-state index is 10.4. The molecule has 0 saturated heterocycles. The zero-order chi connectivity index (χ0) is 12.0. The van der Waals surface area contributed by atoms with Gasteiger partial charge < -0.3 is 35.7 Å². The Balaban J connectivity index is 0.000000284. The normalized spacial score (nSPS) is 8.47. The van der Waals surface area contributed by atoms with Crippen molar-refractivity contribution in [2.45, 2.75) is 10.1 Å². The molecule has 7 heteroatoms. The molecule has 2 heterocycles. The standard InChI is InChI=1S/2C5H5NOS.Cd/c2*7-6-4-2-1-3-5(6)8;/h2*1-4,8H;/q;;+2/p-2. The molecule has 0 unspecified atom stereocenters. The molecule has 17 heavy (non-hydrogen) atoms. The van der Waals surface area contributed by atoms with Crippen LogP contribution in [0, 0.1) is 10.4 Å². The van der Waals surface area contributed by atoms with Gasteiger partial charge in [-0.3, -0.25) is 0 Å². The van der Waals surface area contributed by atoms with E-state index >= 15 is 0 Å². The van der Waals surface area contributed by atoms with Crippen LogP contribution >= 0.6 is 0 Å². The number of hydrogen-bond donors (Lipinski definition) is 0. The van der Waals surface area contributed by atoms with E-state index in [1.807, 2.05) is 0 Å². The fourth-order valence-electron chi connectivity index (χ4n) is 0.825. The predicted octanol–water partition coefficient (Wildman–Crippen LogP) is 0.449. The summed E-state index contributed by atoms with van der Waals surface area (Å²) in [7, 11) is 0. The monoisotopic (exact) mass is 366 g/mol. The largest absolute Gasteiger partial charge is 2.00 e. The van der Waals surface area contributed by atoms with E-state index in [1.165, 1.54) is 12.4 Å². The molecule has 2 aromatic heterocycles. The molecule has 0 N–H and O–H groups in total. The maximum Gasteiger partial charge on any atom is 2.00 e. The van der Waals surface area contributed by atoms with E-state index in [9.17, 15) is 10.4 Å². The summed E-state index contributed by atoms with van der Waals surface area (Å²) in [4.78, 5) is 0. The summed E-state index contributed by atoms with van der Waals surface area (Å²) in [6.45, 7) is 0. The predicted molar refractivity (Wildman–Crippen MR) is 62.1 cm³/mol. The summed E-state index contributed by atoms with van der Waals surface area (Å²) in [5.74, 6) is 0. The van der Waals surface area contributed by atoms with Gasteiger partial charge in [0, 0.05) is 12.1 Å². The molecule has 0 bridgehead atoms. The van der Waals surface area contributed by atoms with Crippen molar-refractivity contribution < 1.29 is 36.8 Å². The minimum atomic E-state index is 0. The first kappa shape index (κ1) is 16.3. The first-order valence-corrected chi connectivity index (χ1v) is 5.13. The van der Waals surface area contributed by atoms with Crippen LogP contribution in [0.4, 0.5) is 0 Å². The van der Waals surface area contributed by atoms with Gasteiger partial charge in [0.1, 0.15) is 0 Å². The zero-order valence-electron chi connectivity index (χ0n) is 8.85. The molecule has 2 rings (SSSR count). The Labute approximate surface area is 130 Å². The third kappa shape index (κ3) is 5.94. The molecule has 0 fully saturated rings. The summed E-state index contributed by atoms with van der Waals surface area (Å²) in [6.07, 6.45) is 2.75. The van der Waals surface area contributed by atoms with Gasteiger partial charge in [-0.05, 0) is 12.1 Å². The molecular formula is C10H8CdN2O2S2. The molecule has 0 amide bonds. The summed E-state index contributed by atoms with van der Waals surface area (Å²) >= 11 is 9.21. The fraction of sp³-hybridized carbons (Fsp3) is 0. The molecule has 84 valence electrons. The second kappa shape index (κ2) is 8.37. The van der Waals surface area contributed by atoms with Crippen molar-refractivity contribution >= 4 is 25.3 Å². The van der Waals surface area contributed by atoms with E-state index in [4.69, 9.17) is 0 Å². The third-order valence-electron chi connectivity index (χ3n) is 1.58. The number of pyridine rings is 2. The molecule has 0 aliphatic rings. The molecule has 0 aromatic carbocycles. The van der Waals surface area contributed by atoms with Crippen molar-refractivity contribution in [2.75, 3.05) is 0 Å². The Morgan fingerprint density at radius 3 is 1.29 bits per heavy atom. The Hall–Kier alpha value is -0.738. The second-order valence-electron chi connectivity index (χ2n) is 2.73. The van der Waals surface area contributed by atoms with Crippen LogP contribution < -0.4 is 9.46 Å². The minimum absolute atomic E-state index is 0. The molecule has 0 atom stereocenters. The molecule has 0 aliphatic heterocycles. The van der Waals surface area contributed by atoms with Crippen LogP contribution in [0.15, 0.2) is 58.8 Å². The quantitative estimate of drug-likeness (QED) is 0.295. The summed E-state index contributed by atoms with van der Waals surface area (Å²) in [5.41, 5.74) is 0. The van der Waals surface area contributed by atoms with Gasteiger partial charge in [0.15, 0.2) is 12.4 Å². The van der Waals surface area contributed by atoms with E-state index < -0.39 is 0 Å². The van der Waals surface area contributed by atoms with E-state index in [0.717, 1.165) is 0 Å². The number of rotatable bonds is 0. The van der Waals surface area contributed by atoms with Crippen LogP contribution in [0.25, 0.3) is 0 Å². The van der Waals surface area contributed by atoms with Crippen LogP contribution in [-0.4, -0.2) is 0 Å². The van der Waals surface area contributed by atoms with Crippen LogP contribution in [0.2, 0.25) is 0 Å². The van der Waals surface area contributed by atoms with Crippen LogP contribution in [0.3, 0.4) is 0 Å². The van der Waals surface area contributed by atoms with Crippen molar-refractivity contribution in [2.24, 2.45) is 0 Å². The molecule has 0 aliphatic carbocycles. The first-order chi connectivity index (χ1) is 7.61. The average molecular weight is 365 g/mol. The Morgan fingerprint density at radius 1 is 0.765 bits per heavy atom. The Kier molecular flexibility index (Phi) is 8.00. The summed E-state index contributed by atoms with van der Waals surface area (Å²) in [6, 6.07) is 9.92. The molecule has 0 spiro atoms. The topological polar surface area (TPSA) is 53.9 Å². The van der Waals surface area contributed by atoms with Crippen molar-refractivity contribution in [3.8, 4) is 0 Å². The van der Waals surface area contributed by atoms with Crippen molar-refractivity contribution in [3.63, 3.8) is 0 Å². The van der Waals surface area contributed by atoms with Gasteiger partial charge in [0.05, 0.1) is 10.1 Å². The summed E-state index contributed by atoms with van der Waals surface area (Å²) < 4.78 is 1.30. The average Bonchev–Trinajstić information content (AvgIpc) is 2.28. The molecule has 0 saturated carbocycles. The van der Waals surface area contributed by atoms with Gasteiger partial charge in [-0.15, -0.1) is 0 Å². The van der Waals surface area contributed by atoms with E-state index in [-0.39, 0.29) is 27.3 Å². The molecule has 2 aromatic rings. The SMILES string of the molecule is [Cd+2].[O-][n+]1ccccc1[S-].[O-][n+]1ccccc1[S-]. The van der Waals surface area contributed by atoms with Crippen molar-refractivity contribution in [3.05, 3.63) is 59.2 Å². The number of aromatic nitrogens is 2. The van der Waals surface area contributed by atoms with E-state index in [2.05, 4.69) is 25.3 Å². The number of nitrogens with zero attached hydrogens (tertiary/aromatic N) is 2. The van der Waals surface area contributed by atoms with Gasteiger partial charge in [-0.25, -0.2) is 0 Å². The van der Waals surface area contributed by atoms with Gasteiger partial charge in [-0.2, -0.15) is 9.46 Å². The fourth-order valence-corrected chi connectivity index (χ4v) is 1.10. The first-order valence-electron chi connectivity index (χ1n) is 4.31. The van der Waals surface area contributed by atoms with E-state index in [0.29, 0.717) is 19.5 Å². The van der Waals surface area contributed by atoms with Crippen molar-refractivity contribution in [1.82, 2.24) is 0 Å². The van der Waals surface area contributed by atoms with Gasteiger partial charge in [-0.1, -0.05) is 12.1 Å². The van der Waals surface area contributed by atoms with Crippen molar-refractivity contribution in [1.29, 1.82) is 0 Å². The maximum atomic E-state index is 10.4. The van der Waals surface area contributed by atoms with Crippen LogP contribution in [-0.2, 0) is 52.6 Å². The Morgan fingerprint density at radius 2 is 1.12 bits per heavy atom. The second-order valence-corrected chi connectivity index (χ2v) is 3.57. The summed E-state index contributed by atoms with van der Waals surface area (Å²) in [5, 5.41) is 21.5. The smallest absolute Gasteiger partial charge is 0.709 e.